The van der Waals surface area contributed by atoms with Crippen LogP contribution in [0.15, 0.2) is 16.6 Å². The van der Waals surface area contributed by atoms with Gasteiger partial charge in [0.25, 0.3) is 0 Å². The summed E-state index contributed by atoms with van der Waals surface area (Å²) in [6.07, 6.45) is 0.561. The van der Waals surface area contributed by atoms with Gasteiger partial charge in [-0.25, -0.2) is 9.78 Å². The van der Waals surface area contributed by atoms with Crippen LogP contribution in [0.5, 0.6) is 11.5 Å². The molecule has 5 nitrogen and oxygen atoms in total. The van der Waals surface area contributed by atoms with E-state index < -0.39 is 5.97 Å². The summed E-state index contributed by atoms with van der Waals surface area (Å²) in [4.78, 5) is 16.0. The number of halogens is 1. The SMILES string of the molecule is CCc1nc(-c2cc(Br)cc(OC)c2OC)sc1C(=O)O. The lowest BCUT2D eigenvalue weighted by Gasteiger charge is -2.11. The maximum absolute atomic E-state index is 11.3. The number of aromatic carboxylic acids is 1. The summed E-state index contributed by atoms with van der Waals surface area (Å²) in [5, 5.41) is 9.84. The lowest BCUT2D eigenvalue weighted by atomic mass is 10.2. The van der Waals surface area contributed by atoms with Crippen LogP contribution in [0.3, 0.4) is 0 Å². The summed E-state index contributed by atoms with van der Waals surface area (Å²) in [6.45, 7) is 1.88. The van der Waals surface area contributed by atoms with Crippen molar-refractivity contribution in [3.05, 3.63) is 27.2 Å². The molecular formula is C14H14BrNO4S. The van der Waals surface area contributed by atoms with Gasteiger partial charge >= 0.3 is 5.97 Å². The van der Waals surface area contributed by atoms with E-state index in [4.69, 9.17) is 9.47 Å². The highest BCUT2D eigenvalue weighted by Crippen LogP contribution is 2.42. The highest BCUT2D eigenvalue weighted by atomic mass is 79.9. The molecule has 0 saturated heterocycles. The molecule has 7 heteroatoms. The maximum atomic E-state index is 11.3. The molecule has 2 rings (SSSR count). The third-order valence-corrected chi connectivity index (χ3v) is 4.48. The van der Waals surface area contributed by atoms with Gasteiger partial charge in [-0.3, -0.25) is 0 Å². The van der Waals surface area contributed by atoms with Gasteiger partial charge in [-0.15, -0.1) is 11.3 Å². The Morgan fingerprint density at radius 1 is 1.38 bits per heavy atom. The third-order valence-electron chi connectivity index (χ3n) is 2.90. The van der Waals surface area contributed by atoms with Crippen molar-refractivity contribution in [3.8, 4) is 22.1 Å². The number of ether oxygens (including phenoxy) is 2. The number of hydrogen-bond acceptors (Lipinski definition) is 5. The molecule has 0 aliphatic rings. The predicted octanol–water partition coefficient (Wildman–Crippen LogP) is 3.85. The number of aryl methyl sites for hydroxylation is 1. The number of aromatic nitrogens is 1. The quantitative estimate of drug-likeness (QED) is 0.864. The molecule has 1 heterocycles. The number of thiazole rings is 1. The van der Waals surface area contributed by atoms with Crippen molar-refractivity contribution in [2.45, 2.75) is 13.3 Å². The molecule has 0 fully saturated rings. The summed E-state index contributed by atoms with van der Waals surface area (Å²) in [7, 11) is 3.10. The van der Waals surface area contributed by atoms with Crippen LogP contribution in [0.2, 0.25) is 0 Å². The van der Waals surface area contributed by atoms with Gasteiger partial charge in [0, 0.05) is 4.47 Å². The van der Waals surface area contributed by atoms with E-state index in [1.54, 1.807) is 20.3 Å². The van der Waals surface area contributed by atoms with Crippen molar-refractivity contribution in [1.29, 1.82) is 0 Å². The molecular weight excluding hydrogens is 358 g/mol. The van der Waals surface area contributed by atoms with E-state index in [1.165, 1.54) is 0 Å². The number of carbonyl (C=O) groups is 1. The Bertz CT molecular complexity index is 684. The van der Waals surface area contributed by atoms with Crippen LogP contribution in [0.1, 0.15) is 22.3 Å². The van der Waals surface area contributed by atoms with Crippen LogP contribution in [-0.4, -0.2) is 30.3 Å². The number of nitrogens with zero attached hydrogens (tertiary/aromatic N) is 1. The lowest BCUT2D eigenvalue weighted by molar-refractivity contribution is 0.0701. The maximum Gasteiger partial charge on any atom is 0.347 e. The standard InChI is InChI=1S/C14H14BrNO4S/c1-4-9-12(14(17)18)21-13(16-9)8-5-7(15)6-10(19-2)11(8)20-3/h5-6H,4H2,1-3H3,(H,17,18). The molecule has 1 N–H and O–H groups in total. The van der Waals surface area contributed by atoms with Crippen molar-refractivity contribution in [3.63, 3.8) is 0 Å². The molecule has 0 spiro atoms. The van der Waals surface area contributed by atoms with Gasteiger partial charge in [0.2, 0.25) is 0 Å². The Balaban J connectivity index is 2.66. The molecule has 0 aliphatic carbocycles. The molecule has 0 amide bonds. The van der Waals surface area contributed by atoms with Crippen molar-refractivity contribution < 1.29 is 19.4 Å². The number of benzene rings is 1. The molecule has 0 aliphatic heterocycles. The van der Waals surface area contributed by atoms with E-state index in [2.05, 4.69) is 20.9 Å². The molecule has 0 radical (unpaired) electrons. The first kappa shape index (κ1) is 15.8. The zero-order valence-electron chi connectivity index (χ0n) is 11.8. The predicted molar refractivity (Wildman–Crippen MR) is 84.7 cm³/mol. The third kappa shape index (κ3) is 3.03. The highest BCUT2D eigenvalue weighted by molar-refractivity contribution is 9.10. The van der Waals surface area contributed by atoms with E-state index >= 15 is 0 Å². The van der Waals surface area contributed by atoms with Crippen molar-refractivity contribution >= 4 is 33.2 Å². The Kier molecular flexibility index (Phi) is 4.84. The van der Waals surface area contributed by atoms with E-state index in [0.717, 1.165) is 15.8 Å². The minimum Gasteiger partial charge on any atom is -0.493 e. The molecule has 21 heavy (non-hydrogen) atoms. The monoisotopic (exact) mass is 371 g/mol. The second-order valence-electron chi connectivity index (χ2n) is 4.14. The summed E-state index contributed by atoms with van der Waals surface area (Å²) >= 11 is 4.55. The van der Waals surface area contributed by atoms with Gasteiger partial charge in [0.1, 0.15) is 9.88 Å². The normalized spacial score (nSPS) is 10.5. The van der Waals surface area contributed by atoms with Crippen LogP contribution < -0.4 is 9.47 Å². The number of hydrogen-bond donors (Lipinski definition) is 1. The van der Waals surface area contributed by atoms with Crippen molar-refractivity contribution in [2.75, 3.05) is 14.2 Å². The average Bonchev–Trinajstić information content (AvgIpc) is 2.90. The fraction of sp³-hybridized carbons (Fsp3) is 0.286. The number of carboxylic acids is 1. The summed E-state index contributed by atoms with van der Waals surface area (Å²) in [5.41, 5.74) is 1.28. The van der Waals surface area contributed by atoms with Gasteiger partial charge < -0.3 is 14.6 Å². The van der Waals surface area contributed by atoms with Gasteiger partial charge in [-0.05, 0) is 18.6 Å². The zero-order valence-corrected chi connectivity index (χ0v) is 14.2. The van der Waals surface area contributed by atoms with Crippen LogP contribution in [0, 0.1) is 0 Å². The molecule has 0 saturated carbocycles. The van der Waals surface area contributed by atoms with E-state index in [9.17, 15) is 9.90 Å². The summed E-state index contributed by atoms with van der Waals surface area (Å²) in [6, 6.07) is 3.63. The van der Waals surface area contributed by atoms with Crippen LogP contribution >= 0.6 is 27.3 Å². The van der Waals surface area contributed by atoms with E-state index in [0.29, 0.717) is 34.2 Å². The molecule has 1 aromatic heterocycles. The zero-order chi connectivity index (χ0) is 15.6. The smallest absolute Gasteiger partial charge is 0.347 e. The minimum atomic E-state index is -0.962. The molecule has 2 aromatic rings. The number of methoxy groups -OCH3 is 2. The fourth-order valence-electron chi connectivity index (χ4n) is 1.96. The first-order valence-electron chi connectivity index (χ1n) is 6.16. The first-order valence-corrected chi connectivity index (χ1v) is 7.77. The Labute approximate surface area is 134 Å². The Hall–Kier alpha value is -1.60. The van der Waals surface area contributed by atoms with Gasteiger partial charge in [0.15, 0.2) is 11.5 Å². The molecule has 0 atom stereocenters. The molecule has 0 unspecified atom stereocenters. The number of carboxylic acid groups (broad SMARTS) is 1. The van der Waals surface area contributed by atoms with Crippen molar-refractivity contribution in [2.24, 2.45) is 0 Å². The largest absolute Gasteiger partial charge is 0.493 e. The Morgan fingerprint density at radius 2 is 2.10 bits per heavy atom. The van der Waals surface area contributed by atoms with E-state index in [-0.39, 0.29) is 4.88 Å². The summed E-state index contributed by atoms with van der Waals surface area (Å²) < 4.78 is 11.5. The average molecular weight is 372 g/mol. The van der Waals surface area contributed by atoms with Gasteiger partial charge in [-0.2, -0.15) is 0 Å². The minimum absolute atomic E-state index is 0.258. The first-order chi connectivity index (χ1) is 10.0. The second-order valence-corrected chi connectivity index (χ2v) is 6.06. The van der Waals surface area contributed by atoms with Crippen LogP contribution in [-0.2, 0) is 6.42 Å². The fourth-order valence-corrected chi connectivity index (χ4v) is 3.41. The van der Waals surface area contributed by atoms with Crippen LogP contribution in [0.4, 0.5) is 0 Å². The van der Waals surface area contributed by atoms with E-state index in [1.807, 2.05) is 13.0 Å². The summed E-state index contributed by atoms with van der Waals surface area (Å²) in [5.74, 6) is 0.137. The Morgan fingerprint density at radius 3 is 2.57 bits per heavy atom. The highest BCUT2D eigenvalue weighted by Gasteiger charge is 2.21. The lowest BCUT2D eigenvalue weighted by Crippen LogP contribution is -1.97. The molecule has 112 valence electrons. The van der Waals surface area contributed by atoms with Crippen LogP contribution in [0.25, 0.3) is 10.6 Å². The second kappa shape index (κ2) is 6.44. The molecule has 0 bridgehead atoms. The molecule has 1 aromatic carbocycles. The van der Waals surface area contributed by atoms with Gasteiger partial charge in [-0.1, -0.05) is 22.9 Å². The van der Waals surface area contributed by atoms with Crippen molar-refractivity contribution in [1.82, 2.24) is 4.98 Å². The topological polar surface area (TPSA) is 68.7 Å². The van der Waals surface area contributed by atoms with Gasteiger partial charge in [0.05, 0.1) is 25.5 Å². The number of rotatable bonds is 5.